The number of hydrogen-bond donors (Lipinski definition) is 1. The Kier molecular flexibility index (Phi) is 2.09. The molecule has 4 heteroatoms. The lowest BCUT2D eigenvalue weighted by Gasteiger charge is -2.40. The van der Waals surface area contributed by atoms with E-state index in [-0.39, 0.29) is 12.2 Å². The molecule has 2 N–H and O–H groups in total. The summed E-state index contributed by atoms with van der Waals surface area (Å²) in [6.45, 7) is 3.94. The lowest BCUT2D eigenvalue weighted by atomic mass is 10.2. The summed E-state index contributed by atoms with van der Waals surface area (Å²) in [6, 6.07) is 0. The van der Waals surface area contributed by atoms with Crippen LogP contribution < -0.4 is 5.73 Å². The molecule has 2 aliphatic rings. The molecule has 2 bridgehead atoms. The van der Waals surface area contributed by atoms with Gasteiger partial charge in [0.2, 0.25) is 0 Å². The van der Waals surface area contributed by atoms with Gasteiger partial charge >= 0.3 is 0 Å². The zero-order valence-corrected chi connectivity index (χ0v) is 6.53. The van der Waals surface area contributed by atoms with E-state index in [9.17, 15) is 0 Å². The van der Waals surface area contributed by atoms with E-state index in [1.165, 1.54) is 0 Å². The first-order valence-corrected chi connectivity index (χ1v) is 4.04. The summed E-state index contributed by atoms with van der Waals surface area (Å²) < 4.78 is 11.0. The van der Waals surface area contributed by atoms with E-state index in [1.807, 2.05) is 0 Å². The average Bonchev–Trinajstić information content (AvgIpc) is 2.03. The highest BCUT2D eigenvalue weighted by atomic mass is 16.6. The van der Waals surface area contributed by atoms with Gasteiger partial charge in [-0.25, -0.2) is 0 Å². The number of morpholine rings is 1. The third kappa shape index (κ3) is 1.54. The van der Waals surface area contributed by atoms with Gasteiger partial charge in [-0.1, -0.05) is 0 Å². The van der Waals surface area contributed by atoms with Crippen LogP contribution in [0.4, 0.5) is 0 Å². The molecular formula is C7H14N2O2. The van der Waals surface area contributed by atoms with Crippen LogP contribution in [0.15, 0.2) is 0 Å². The van der Waals surface area contributed by atoms with Crippen LogP contribution in [0.5, 0.6) is 0 Å². The van der Waals surface area contributed by atoms with Crippen molar-refractivity contribution >= 4 is 0 Å². The fraction of sp³-hybridized carbons (Fsp3) is 1.00. The maximum Gasteiger partial charge on any atom is 0.0941 e. The third-order valence-electron chi connectivity index (χ3n) is 2.17. The Morgan fingerprint density at radius 1 is 1.27 bits per heavy atom. The number of nitrogens with two attached hydrogens (primary N) is 1. The number of ether oxygens (including phenoxy) is 2. The molecule has 4 nitrogen and oxygen atoms in total. The van der Waals surface area contributed by atoms with Crippen molar-refractivity contribution in [3.63, 3.8) is 0 Å². The Morgan fingerprint density at radius 3 is 2.45 bits per heavy atom. The third-order valence-corrected chi connectivity index (χ3v) is 2.17. The molecule has 2 atom stereocenters. The standard InChI is InChI=1S/C7H14N2O2/c8-5-9-1-6-3-10-4-7(2-9)11-6/h6-7H,1-5,8H2. The minimum absolute atomic E-state index is 0.256. The predicted molar refractivity (Wildman–Crippen MR) is 40.1 cm³/mol. The number of hydrogen-bond acceptors (Lipinski definition) is 4. The summed E-state index contributed by atoms with van der Waals surface area (Å²) in [5.41, 5.74) is 5.54. The molecule has 2 unspecified atom stereocenters. The summed E-state index contributed by atoms with van der Waals surface area (Å²) >= 11 is 0. The van der Waals surface area contributed by atoms with Crippen LogP contribution in [0.1, 0.15) is 0 Å². The highest BCUT2D eigenvalue weighted by Gasteiger charge is 2.30. The Labute approximate surface area is 66.2 Å². The molecule has 2 fully saturated rings. The van der Waals surface area contributed by atoms with E-state index in [0.717, 1.165) is 26.3 Å². The maximum atomic E-state index is 5.63. The largest absolute Gasteiger partial charge is 0.376 e. The molecule has 2 saturated heterocycles. The van der Waals surface area contributed by atoms with Gasteiger partial charge in [0.1, 0.15) is 0 Å². The Bertz CT molecular complexity index is 130. The lowest BCUT2D eigenvalue weighted by Crippen LogP contribution is -2.55. The molecule has 0 amide bonds. The molecule has 2 aliphatic heterocycles. The van der Waals surface area contributed by atoms with Gasteiger partial charge in [-0.05, 0) is 0 Å². The van der Waals surface area contributed by atoms with Crippen molar-refractivity contribution in [3.8, 4) is 0 Å². The highest BCUT2D eigenvalue weighted by molar-refractivity contribution is 4.79. The van der Waals surface area contributed by atoms with Gasteiger partial charge in [0.15, 0.2) is 0 Å². The minimum atomic E-state index is 0.256. The van der Waals surface area contributed by atoms with Crippen molar-refractivity contribution < 1.29 is 9.47 Å². The monoisotopic (exact) mass is 158 g/mol. The summed E-state index contributed by atoms with van der Waals surface area (Å²) in [7, 11) is 0. The van der Waals surface area contributed by atoms with E-state index < -0.39 is 0 Å². The molecule has 64 valence electrons. The molecule has 0 radical (unpaired) electrons. The van der Waals surface area contributed by atoms with Crippen molar-refractivity contribution in [1.82, 2.24) is 4.90 Å². The fourth-order valence-electron chi connectivity index (χ4n) is 1.67. The van der Waals surface area contributed by atoms with Gasteiger partial charge in [0.05, 0.1) is 25.4 Å². The summed E-state index contributed by atoms with van der Waals surface area (Å²) in [5, 5.41) is 0. The predicted octanol–water partition coefficient (Wildman–Crippen LogP) is -0.998. The van der Waals surface area contributed by atoms with Gasteiger partial charge in [0.25, 0.3) is 0 Å². The van der Waals surface area contributed by atoms with Crippen LogP contribution in [-0.2, 0) is 9.47 Å². The SMILES string of the molecule is NCN1CC2COCC(C1)O2. The number of rotatable bonds is 1. The Morgan fingerprint density at radius 2 is 1.91 bits per heavy atom. The first kappa shape index (κ1) is 7.49. The van der Waals surface area contributed by atoms with Crippen molar-refractivity contribution in [1.29, 1.82) is 0 Å². The Hall–Kier alpha value is -0.160. The maximum absolute atomic E-state index is 5.63. The van der Waals surface area contributed by atoms with Gasteiger partial charge in [-0.2, -0.15) is 0 Å². The summed E-state index contributed by atoms with van der Waals surface area (Å²) in [6.07, 6.45) is 0.511. The molecule has 0 aliphatic carbocycles. The van der Waals surface area contributed by atoms with Crippen molar-refractivity contribution in [2.75, 3.05) is 33.0 Å². The Balaban J connectivity index is 1.94. The average molecular weight is 158 g/mol. The molecule has 0 spiro atoms. The summed E-state index contributed by atoms with van der Waals surface area (Å²) in [4.78, 5) is 2.21. The van der Waals surface area contributed by atoms with Gasteiger partial charge < -0.3 is 15.2 Å². The molecule has 2 heterocycles. The zero-order valence-electron chi connectivity index (χ0n) is 6.53. The summed E-state index contributed by atoms with van der Waals surface area (Å²) in [5.74, 6) is 0. The van der Waals surface area contributed by atoms with Gasteiger partial charge in [0, 0.05) is 19.8 Å². The van der Waals surface area contributed by atoms with Crippen LogP contribution >= 0.6 is 0 Å². The van der Waals surface area contributed by atoms with Crippen LogP contribution in [0.2, 0.25) is 0 Å². The minimum Gasteiger partial charge on any atom is -0.376 e. The van der Waals surface area contributed by atoms with Crippen LogP contribution in [0.25, 0.3) is 0 Å². The second kappa shape index (κ2) is 3.06. The normalized spacial score (nSPS) is 39.0. The first-order chi connectivity index (χ1) is 5.38. The van der Waals surface area contributed by atoms with Crippen molar-refractivity contribution in [3.05, 3.63) is 0 Å². The highest BCUT2D eigenvalue weighted by Crippen LogP contribution is 2.15. The smallest absolute Gasteiger partial charge is 0.0941 e. The molecule has 0 aromatic carbocycles. The molecule has 0 aromatic rings. The van der Waals surface area contributed by atoms with E-state index in [2.05, 4.69) is 4.90 Å². The lowest BCUT2D eigenvalue weighted by molar-refractivity contribution is -0.178. The molecule has 0 aromatic heterocycles. The second-order valence-corrected chi connectivity index (χ2v) is 3.14. The second-order valence-electron chi connectivity index (χ2n) is 3.14. The van der Waals surface area contributed by atoms with Crippen LogP contribution in [0, 0.1) is 0 Å². The van der Waals surface area contributed by atoms with E-state index in [4.69, 9.17) is 15.2 Å². The van der Waals surface area contributed by atoms with E-state index in [0.29, 0.717) is 6.67 Å². The molecular weight excluding hydrogens is 144 g/mol. The zero-order chi connectivity index (χ0) is 7.68. The van der Waals surface area contributed by atoms with Crippen LogP contribution in [0.3, 0.4) is 0 Å². The van der Waals surface area contributed by atoms with Crippen molar-refractivity contribution in [2.45, 2.75) is 12.2 Å². The van der Waals surface area contributed by atoms with Gasteiger partial charge in [-0.15, -0.1) is 0 Å². The van der Waals surface area contributed by atoms with E-state index in [1.54, 1.807) is 0 Å². The first-order valence-electron chi connectivity index (χ1n) is 4.04. The quantitative estimate of drug-likeness (QED) is 0.532. The number of fused-ring (bicyclic) bond motifs is 2. The molecule has 0 saturated carbocycles. The fourth-order valence-corrected chi connectivity index (χ4v) is 1.67. The topological polar surface area (TPSA) is 47.7 Å². The van der Waals surface area contributed by atoms with Crippen molar-refractivity contribution in [2.24, 2.45) is 5.73 Å². The van der Waals surface area contributed by atoms with E-state index >= 15 is 0 Å². The van der Waals surface area contributed by atoms with Crippen LogP contribution in [-0.4, -0.2) is 50.1 Å². The van der Waals surface area contributed by atoms with Gasteiger partial charge in [-0.3, -0.25) is 4.90 Å². The molecule has 11 heavy (non-hydrogen) atoms. The molecule has 2 rings (SSSR count). The number of nitrogens with zero attached hydrogens (tertiary/aromatic N) is 1.